The predicted molar refractivity (Wildman–Crippen MR) is 116 cm³/mol. The van der Waals surface area contributed by atoms with E-state index in [1.807, 2.05) is 42.3 Å². The van der Waals surface area contributed by atoms with Crippen LogP contribution in [0.5, 0.6) is 0 Å². The highest BCUT2D eigenvalue weighted by Crippen LogP contribution is 2.28. The first kappa shape index (κ1) is 21.4. The molecule has 1 amide bonds. The third-order valence-electron chi connectivity index (χ3n) is 5.47. The quantitative estimate of drug-likeness (QED) is 0.695. The van der Waals surface area contributed by atoms with Gasteiger partial charge in [-0.3, -0.25) is 14.5 Å². The number of hydrogen-bond donors (Lipinski definition) is 1. The van der Waals surface area contributed by atoms with Gasteiger partial charge in [-0.15, -0.1) is 11.8 Å². The molecule has 1 saturated heterocycles. The molecule has 0 bridgehead atoms. The van der Waals surface area contributed by atoms with Crippen LogP contribution in [0, 0.1) is 6.92 Å². The Morgan fingerprint density at radius 3 is 2.31 bits per heavy atom. The van der Waals surface area contributed by atoms with Crippen LogP contribution in [0.3, 0.4) is 0 Å². The highest BCUT2D eigenvalue weighted by molar-refractivity contribution is 7.98. The summed E-state index contributed by atoms with van der Waals surface area (Å²) in [6.45, 7) is 4.83. The zero-order chi connectivity index (χ0) is 20.8. The first-order valence-corrected chi connectivity index (χ1v) is 11.2. The Labute approximate surface area is 176 Å². The van der Waals surface area contributed by atoms with Crippen molar-refractivity contribution in [1.82, 2.24) is 9.80 Å². The van der Waals surface area contributed by atoms with Gasteiger partial charge in [-0.2, -0.15) is 0 Å². The van der Waals surface area contributed by atoms with E-state index in [4.69, 9.17) is 5.11 Å². The average Bonchev–Trinajstić information content (AvgIpc) is 2.75. The fraction of sp³-hybridized carbons (Fsp3) is 0.391. The molecule has 154 valence electrons. The number of aryl methyl sites for hydroxylation is 1. The maximum absolute atomic E-state index is 13.0. The Balaban J connectivity index is 1.69. The topological polar surface area (TPSA) is 60.9 Å². The highest BCUT2D eigenvalue weighted by atomic mass is 32.2. The van der Waals surface area contributed by atoms with Crippen molar-refractivity contribution in [3.05, 3.63) is 65.2 Å². The number of carboxylic acid groups (broad SMARTS) is 1. The van der Waals surface area contributed by atoms with Gasteiger partial charge in [-0.05, 0) is 37.3 Å². The molecule has 0 aromatic heterocycles. The first-order chi connectivity index (χ1) is 14.0. The fourth-order valence-corrected chi connectivity index (χ4v) is 4.43. The van der Waals surface area contributed by atoms with Crippen LogP contribution in [0.15, 0.2) is 53.4 Å². The maximum Gasteiger partial charge on any atom is 0.303 e. The van der Waals surface area contributed by atoms with Crippen molar-refractivity contribution in [3.8, 4) is 0 Å². The summed E-state index contributed by atoms with van der Waals surface area (Å²) in [5.74, 6) is -0.698. The van der Waals surface area contributed by atoms with E-state index in [1.165, 1.54) is 5.56 Å². The smallest absolute Gasteiger partial charge is 0.303 e. The second-order valence-corrected chi connectivity index (χ2v) is 8.24. The molecule has 0 radical (unpaired) electrons. The van der Waals surface area contributed by atoms with Crippen molar-refractivity contribution in [2.75, 3.05) is 32.4 Å². The number of aliphatic carboxylic acids is 1. The van der Waals surface area contributed by atoms with E-state index in [9.17, 15) is 9.59 Å². The monoisotopic (exact) mass is 412 g/mol. The summed E-state index contributed by atoms with van der Waals surface area (Å²) in [5.41, 5.74) is 3.09. The molecule has 3 rings (SSSR count). The predicted octanol–water partition coefficient (Wildman–Crippen LogP) is 4.08. The van der Waals surface area contributed by atoms with E-state index < -0.39 is 5.97 Å². The third kappa shape index (κ3) is 5.40. The van der Waals surface area contributed by atoms with Gasteiger partial charge >= 0.3 is 5.97 Å². The number of amides is 1. The van der Waals surface area contributed by atoms with E-state index >= 15 is 0 Å². The summed E-state index contributed by atoms with van der Waals surface area (Å²) in [4.78, 5) is 29.4. The standard InChI is InChI=1S/C23H28N2O3S/c1-17-7-9-18(10-8-17)20(11-12-22(26)27)24-13-15-25(16-14-24)23(28)19-5-3-4-6-21(19)29-2/h3-10,20H,11-16H2,1-2H3,(H,26,27)/t20-/m0/s1. The number of carboxylic acids is 1. The maximum atomic E-state index is 13.0. The van der Waals surface area contributed by atoms with Crippen LogP contribution < -0.4 is 0 Å². The molecule has 0 aliphatic carbocycles. The summed E-state index contributed by atoms with van der Waals surface area (Å²) in [5, 5.41) is 9.17. The molecule has 2 aromatic carbocycles. The number of carbonyl (C=O) groups excluding carboxylic acids is 1. The Bertz CT molecular complexity index is 845. The van der Waals surface area contributed by atoms with E-state index in [0.29, 0.717) is 19.5 Å². The minimum Gasteiger partial charge on any atom is -0.481 e. The Morgan fingerprint density at radius 2 is 1.69 bits per heavy atom. The van der Waals surface area contributed by atoms with Crippen LogP contribution in [0.1, 0.15) is 40.4 Å². The summed E-state index contributed by atoms with van der Waals surface area (Å²) in [7, 11) is 0. The molecule has 0 spiro atoms. The lowest BCUT2D eigenvalue weighted by molar-refractivity contribution is -0.137. The van der Waals surface area contributed by atoms with Gasteiger partial charge in [0.15, 0.2) is 0 Å². The van der Waals surface area contributed by atoms with Crippen LogP contribution in [0.2, 0.25) is 0 Å². The van der Waals surface area contributed by atoms with Gasteiger partial charge in [0.25, 0.3) is 5.91 Å². The molecule has 1 heterocycles. The van der Waals surface area contributed by atoms with E-state index in [0.717, 1.165) is 29.1 Å². The van der Waals surface area contributed by atoms with Crippen molar-refractivity contribution in [2.24, 2.45) is 0 Å². The van der Waals surface area contributed by atoms with E-state index in [-0.39, 0.29) is 18.4 Å². The third-order valence-corrected chi connectivity index (χ3v) is 6.27. The molecule has 1 aliphatic rings. The van der Waals surface area contributed by atoms with E-state index in [2.05, 4.69) is 29.2 Å². The Kier molecular flexibility index (Phi) is 7.34. The number of nitrogens with zero attached hydrogens (tertiary/aromatic N) is 2. The van der Waals surface area contributed by atoms with Crippen LogP contribution in [0.4, 0.5) is 0 Å². The first-order valence-electron chi connectivity index (χ1n) is 9.94. The molecular formula is C23H28N2O3S. The van der Waals surface area contributed by atoms with Gasteiger partial charge < -0.3 is 10.0 Å². The SMILES string of the molecule is CSc1ccccc1C(=O)N1CCN([C@@H](CCC(=O)O)c2ccc(C)cc2)CC1. The van der Waals surface area contributed by atoms with Crippen LogP contribution >= 0.6 is 11.8 Å². The van der Waals surface area contributed by atoms with Crippen LogP contribution in [-0.2, 0) is 4.79 Å². The zero-order valence-electron chi connectivity index (χ0n) is 17.0. The molecule has 0 saturated carbocycles. The van der Waals surface area contributed by atoms with E-state index in [1.54, 1.807) is 11.8 Å². The second kappa shape index (κ2) is 9.94. The minimum atomic E-state index is -0.774. The lowest BCUT2D eigenvalue weighted by Crippen LogP contribution is -2.49. The van der Waals surface area contributed by atoms with Gasteiger partial charge in [0, 0.05) is 43.5 Å². The molecule has 1 aliphatic heterocycles. The second-order valence-electron chi connectivity index (χ2n) is 7.39. The molecule has 1 fully saturated rings. The van der Waals surface area contributed by atoms with Gasteiger partial charge in [-0.1, -0.05) is 42.0 Å². The normalized spacial score (nSPS) is 15.9. The molecule has 1 N–H and O–H groups in total. The molecule has 2 aromatic rings. The molecule has 29 heavy (non-hydrogen) atoms. The number of piperazine rings is 1. The summed E-state index contributed by atoms with van der Waals surface area (Å²) in [6.07, 6.45) is 2.69. The molecule has 0 unspecified atom stereocenters. The lowest BCUT2D eigenvalue weighted by Gasteiger charge is -2.39. The fourth-order valence-electron chi connectivity index (χ4n) is 3.84. The molecule has 5 nitrogen and oxygen atoms in total. The lowest BCUT2D eigenvalue weighted by atomic mass is 9.98. The molecule has 6 heteroatoms. The zero-order valence-corrected chi connectivity index (χ0v) is 17.8. The summed E-state index contributed by atoms with van der Waals surface area (Å²) >= 11 is 1.59. The average molecular weight is 413 g/mol. The number of benzene rings is 2. The highest BCUT2D eigenvalue weighted by Gasteiger charge is 2.28. The number of thioether (sulfide) groups is 1. The minimum absolute atomic E-state index is 0.0578. The Morgan fingerprint density at radius 1 is 1.03 bits per heavy atom. The number of rotatable bonds is 7. The van der Waals surface area contributed by atoms with Gasteiger partial charge in [0.05, 0.1) is 5.56 Å². The molecule has 1 atom stereocenters. The van der Waals surface area contributed by atoms with Crippen molar-refractivity contribution in [1.29, 1.82) is 0 Å². The van der Waals surface area contributed by atoms with Gasteiger partial charge in [-0.25, -0.2) is 0 Å². The van der Waals surface area contributed by atoms with Gasteiger partial charge in [0.2, 0.25) is 0 Å². The largest absolute Gasteiger partial charge is 0.481 e. The van der Waals surface area contributed by atoms with Crippen molar-refractivity contribution in [3.63, 3.8) is 0 Å². The van der Waals surface area contributed by atoms with Gasteiger partial charge in [0.1, 0.15) is 0 Å². The van der Waals surface area contributed by atoms with Crippen molar-refractivity contribution < 1.29 is 14.7 Å². The number of carbonyl (C=O) groups is 2. The van der Waals surface area contributed by atoms with Crippen LogP contribution in [-0.4, -0.2) is 59.2 Å². The summed E-state index contributed by atoms with van der Waals surface area (Å²) < 4.78 is 0. The Hall–Kier alpha value is -2.31. The summed E-state index contributed by atoms with van der Waals surface area (Å²) in [6, 6.07) is 16.1. The van der Waals surface area contributed by atoms with Crippen molar-refractivity contribution >= 4 is 23.6 Å². The van der Waals surface area contributed by atoms with Crippen molar-refractivity contribution in [2.45, 2.75) is 30.7 Å². The van der Waals surface area contributed by atoms with Crippen LogP contribution in [0.25, 0.3) is 0 Å². The number of hydrogen-bond acceptors (Lipinski definition) is 4. The molecular weight excluding hydrogens is 384 g/mol.